The highest BCUT2D eigenvalue weighted by Gasteiger charge is 2.46. The summed E-state index contributed by atoms with van der Waals surface area (Å²) in [6, 6.07) is 10.7. The number of nitrogens with one attached hydrogen (secondary N) is 3. The largest absolute Gasteiger partial charge is 0.353 e. The van der Waals surface area contributed by atoms with E-state index in [-0.39, 0.29) is 5.91 Å². The lowest BCUT2D eigenvalue weighted by molar-refractivity contribution is -0.123. The van der Waals surface area contributed by atoms with Gasteiger partial charge < -0.3 is 5.32 Å². The lowest BCUT2D eigenvalue weighted by Gasteiger charge is -2.52. The molecule has 156 valence electrons. The van der Waals surface area contributed by atoms with Crippen molar-refractivity contribution in [2.24, 2.45) is 5.41 Å². The summed E-state index contributed by atoms with van der Waals surface area (Å²) in [6.45, 7) is 3.14. The van der Waals surface area contributed by atoms with E-state index in [9.17, 15) is 4.79 Å². The Balaban J connectivity index is 1.10. The number of rotatable bonds is 6. The fraction of sp³-hybridized carbons (Fsp3) is 0.435. The Kier molecular flexibility index (Phi) is 5.12. The Morgan fingerprint density at radius 3 is 2.67 bits per heavy atom. The quantitative estimate of drug-likeness (QED) is 0.589. The average Bonchev–Trinajstić information content (AvgIpc) is 3.41. The predicted octanol–water partition coefficient (Wildman–Crippen LogP) is 2.90. The van der Waals surface area contributed by atoms with Gasteiger partial charge in [0.2, 0.25) is 5.91 Å². The zero-order chi connectivity index (χ0) is 20.4. The maximum atomic E-state index is 12.2. The molecule has 2 aromatic heterocycles. The molecule has 0 unspecified atom stereocenters. The molecule has 1 amide bonds. The number of benzene rings is 1. The summed E-state index contributed by atoms with van der Waals surface area (Å²) in [7, 11) is 0. The van der Waals surface area contributed by atoms with Crippen LogP contribution in [0.1, 0.15) is 36.8 Å². The summed E-state index contributed by atoms with van der Waals surface area (Å²) >= 11 is 0. The van der Waals surface area contributed by atoms with Crippen molar-refractivity contribution in [2.45, 2.75) is 44.7 Å². The maximum Gasteiger partial charge on any atom is 0.224 e. The normalized spacial score (nSPS) is 18.9. The molecule has 0 bridgehead atoms. The molecule has 5 rings (SSSR count). The number of H-pyrrole nitrogens is 2. The first kappa shape index (κ1) is 19.1. The van der Waals surface area contributed by atoms with E-state index >= 15 is 0 Å². The minimum atomic E-state index is 0.0992. The van der Waals surface area contributed by atoms with Gasteiger partial charge in [-0.2, -0.15) is 10.2 Å². The van der Waals surface area contributed by atoms with Crippen LogP contribution in [0.25, 0.3) is 11.3 Å². The van der Waals surface area contributed by atoms with Crippen molar-refractivity contribution in [1.82, 2.24) is 30.6 Å². The molecule has 7 heteroatoms. The van der Waals surface area contributed by atoms with Gasteiger partial charge in [-0.1, -0.05) is 30.3 Å². The van der Waals surface area contributed by atoms with Crippen LogP contribution in [0, 0.1) is 5.41 Å². The molecule has 1 aromatic carbocycles. The second-order valence-corrected chi connectivity index (χ2v) is 8.87. The standard InChI is InChI=1S/C23H28N6O/c30-21(10-17-13-24-25-14-17)27-20-11-23(12-20)6-8-29(9-7-23)16-19-15-26-28-22(19)18-4-2-1-3-5-18/h1-5,13-15,20H,6-12,16H2,(H,24,25)(H,26,28)(H,27,30). The second-order valence-electron chi connectivity index (χ2n) is 8.87. The van der Waals surface area contributed by atoms with Crippen LogP contribution in [-0.4, -0.2) is 50.3 Å². The third-order valence-electron chi connectivity index (χ3n) is 6.73. The van der Waals surface area contributed by atoms with Gasteiger partial charge in [-0.15, -0.1) is 0 Å². The molecular formula is C23H28N6O. The van der Waals surface area contributed by atoms with Crippen LogP contribution in [0.15, 0.2) is 48.9 Å². The third kappa shape index (κ3) is 4.03. The number of nitrogens with zero attached hydrogens (tertiary/aromatic N) is 3. The van der Waals surface area contributed by atoms with Crippen molar-refractivity contribution >= 4 is 5.91 Å². The van der Waals surface area contributed by atoms with Crippen LogP contribution in [0.5, 0.6) is 0 Å². The monoisotopic (exact) mass is 404 g/mol. The highest BCUT2D eigenvalue weighted by atomic mass is 16.1. The molecule has 7 nitrogen and oxygen atoms in total. The van der Waals surface area contributed by atoms with Gasteiger partial charge in [-0.25, -0.2) is 0 Å². The molecule has 1 spiro atoms. The first-order valence-corrected chi connectivity index (χ1v) is 10.8. The van der Waals surface area contributed by atoms with E-state index in [1.807, 2.05) is 12.3 Å². The summed E-state index contributed by atoms with van der Waals surface area (Å²) in [5.74, 6) is 0.0992. The molecule has 0 atom stereocenters. The predicted molar refractivity (Wildman–Crippen MR) is 114 cm³/mol. The van der Waals surface area contributed by atoms with Crippen molar-refractivity contribution < 1.29 is 4.79 Å². The van der Waals surface area contributed by atoms with E-state index in [0.717, 1.165) is 43.7 Å². The molecule has 3 aromatic rings. The SMILES string of the molecule is O=C(Cc1cn[nH]c1)NC1CC2(CCN(Cc3cn[nH]c3-c3ccccc3)CC2)C1. The van der Waals surface area contributed by atoms with Gasteiger partial charge in [-0.3, -0.25) is 19.9 Å². The molecule has 1 saturated carbocycles. The Hall–Kier alpha value is -2.93. The Morgan fingerprint density at radius 2 is 1.93 bits per heavy atom. The lowest BCUT2D eigenvalue weighted by Crippen LogP contribution is -2.55. The number of hydrogen-bond donors (Lipinski definition) is 3. The zero-order valence-corrected chi connectivity index (χ0v) is 17.1. The number of carbonyl (C=O) groups excluding carboxylic acids is 1. The molecule has 1 aliphatic carbocycles. The van der Waals surface area contributed by atoms with E-state index in [0.29, 0.717) is 17.9 Å². The highest BCUT2D eigenvalue weighted by molar-refractivity contribution is 5.78. The number of aromatic nitrogens is 4. The first-order chi connectivity index (χ1) is 14.7. The molecule has 1 aliphatic heterocycles. The number of piperidine rings is 1. The third-order valence-corrected chi connectivity index (χ3v) is 6.73. The fourth-order valence-electron chi connectivity index (χ4n) is 5.05. The first-order valence-electron chi connectivity index (χ1n) is 10.8. The van der Waals surface area contributed by atoms with E-state index in [4.69, 9.17) is 0 Å². The molecule has 3 heterocycles. The van der Waals surface area contributed by atoms with Crippen LogP contribution in [0.4, 0.5) is 0 Å². The topological polar surface area (TPSA) is 89.7 Å². The van der Waals surface area contributed by atoms with Crippen molar-refractivity contribution in [2.75, 3.05) is 13.1 Å². The van der Waals surface area contributed by atoms with E-state index in [1.54, 1.807) is 12.4 Å². The van der Waals surface area contributed by atoms with Crippen LogP contribution in [0.3, 0.4) is 0 Å². The number of aromatic amines is 2. The number of carbonyl (C=O) groups is 1. The van der Waals surface area contributed by atoms with Crippen LogP contribution < -0.4 is 5.32 Å². The highest BCUT2D eigenvalue weighted by Crippen LogP contribution is 2.49. The lowest BCUT2D eigenvalue weighted by atomic mass is 9.60. The molecule has 3 N–H and O–H groups in total. The van der Waals surface area contributed by atoms with Gasteiger partial charge >= 0.3 is 0 Å². The summed E-state index contributed by atoms with van der Waals surface area (Å²) < 4.78 is 0. The molecule has 2 fully saturated rings. The summed E-state index contributed by atoms with van der Waals surface area (Å²) in [5.41, 5.74) is 4.92. The van der Waals surface area contributed by atoms with Crippen molar-refractivity contribution in [3.8, 4) is 11.3 Å². The zero-order valence-electron chi connectivity index (χ0n) is 17.1. The second kappa shape index (κ2) is 8.07. The minimum absolute atomic E-state index is 0.0992. The minimum Gasteiger partial charge on any atom is -0.353 e. The fourth-order valence-corrected chi connectivity index (χ4v) is 5.05. The number of hydrogen-bond acceptors (Lipinski definition) is 4. The average molecular weight is 405 g/mol. The van der Waals surface area contributed by atoms with Crippen LogP contribution in [0.2, 0.25) is 0 Å². The molecule has 1 saturated heterocycles. The Labute approximate surface area is 176 Å². The number of amides is 1. The van der Waals surface area contributed by atoms with E-state index in [1.165, 1.54) is 24.0 Å². The summed E-state index contributed by atoms with van der Waals surface area (Å²) in [4.78, 5) is 14.7. The smallest absolute Gasteiger partial charge is 0.224 e. The maximum absolute atomic E-state index is 12.2. The van der Waals surface area contributed by atoms with Gasteiger partial charge in [0.15, 0.2) is 0 Å². The van der Waals surface area contributed by atoms with Gasteiger partial charge in [0.05, 0.1) is 24.5 Å². The van der Waals surface area contributed by atoms with Gasteiger partial charge in [0.25, 0.3) is 0 Å². The van der Waals surface area contributed by atoms with Gasteiger partial charge in [0.1, 0.15) is 0 Å². The molecule has 30 heavy (non-hydrogen) atoms. The van der Waals surface area contributed by atoms with Crippen LogP contribution >= 0.6 is 0 Å². The summed E-state index contributed by atoms with van der Waals surface area (Å²) in [6.07, 6.45) is 10.5. The van der Waals surface area contributed by atoms with Crippen molar-refractivity contribution in [1.29, 1.82) is 0 Å². The molecule has 0 radical (unpaired) electrons. The van der Waals surface area contributed by atoms with Crippen LogP contribution in [-0.2, 0) is 17.8 Å². The molecule has 2 aliphatic rings. The number of likely N-dealkylation sites (tertiary alicyclic amines) is 1. The summed E-state index contributed by atoms with van der Waals surface area (Å²) in [5, 5.41) is 17.3. The van der Waals surface area contributed by atoms with Crippen molar-refractivity contribution in [3.63, 3.8) is 0 Å². The Bertz CT molecular complexity index is 964. The van der Waals surface area contributed by atoms with Crippen molar-refractivity contribution in [3.05, 3.63) is 60.0 Å². The van der Waals surface area contributed by atoms with Gasteiger partial charge in [0, 0.05) is 24.3 Å². The Morgan fingerprint density at radius 1 is 1.13 bits per heavy atom. The molecular weight excluding hydrogens is 376 g/mol. The van der Waals surface area contributed by atoms with E-state index < -0.39 is 0 Å². The van der Waals surface area contributed by atoms with Gasteiger partial charge in [-0.05, 0) is 55.3 Å². The van der Waals surface area contributed by atoms with E-state index in [2.05, 4.69) is 54.9 Å².